The number of methoxy groups -OCH3 is 3. The minimum absolute atomic E-state index is 0.152. The zero-order chi connectivity index (χ0) is 27.4. The molecule has 1 heterocycles. The summed E-state index contributed by atoms with van der Waals surface area (Å²) >= 11 is 0. The van der Waals surface area contributed by atoms with Crippen molar-refractivity contribution in [2.75, 3.05) is 32.8 Å². The first-order valence-corrected chi connectivity index (χ1v) is 11.9. The van der Waals surface area contributed by atoms with Gasteiger partial charge in [0, 0.05) is 11.3 Å². The van der Waals surface area contributed by atoms with Crippen LogP contribution in [-0.4, -0.2) is 44.7 Å². The number of ketones is 1. The Morgan fingerprint density at radius 2 is 1.61 bits per heavy atom. The predicted octanol–water partition coefficient (Wildman–Crippen LogP) is 5.27. The smallest absolute Gasteiger partial charge is 0.300 e. The fraction of sp³-hybridized carbons (Fsp3) is 0.241. The summed E-state index contributed by atoms with van der Waals surface area (Å²) < 4.78 is 35.8. The van der Waals surface area contributed by atoms with E-state index in [1.54, 1.807) is 36.4 Å². The maximum Gasteiger partial charge on any atom is 0.300 e. The van der Waals surface area contributed by atoms with Gasteiger partial charge in [-0.05, 0) is 60.5 Å². The van der Waals surface area contributed by atoms with Crippen LogP contribution in [0.4, 0.5) is 10.1 Å². The minimum atomic E-state index is -1.09. The third-order valence-corrected chi connectivity index (χ3v) is 6.13. The van der Waals surface area contributed by atoms with E-state index in [9.17, 15) is 19.1 Å². The Morgan fingerprint density at radius 3 is 2.18 bits per heavy atom. The Balaban J connectivity index is 1.97. The molecule has 1 amide bonds. The van der Waals surface area contributed by atoms with E-state index in [4.69, 9.17) is 18.9 Å². The number of rotatable bonds is 9. The molecule has 3 aromatic carbocycles. The first-order chi connectivity index (χ1) is 18.3. The largest absolute Gasteiger partial charge is 0.507 e. The number of hydrogen-bond donors (Lipinski definition) is 1. The molecule has 8 nitrogen and oxygen atoms in total. The number of Topliss-reactive ketones (excluding diaryl/α,β-unsaturated/α-hetero) is 1. The van der Waals surface area contributed by atoms with Gasteiger partial charge in [-0.15, -0.1) is 0 Å². The molecule has 1 fully saturated rings. The van der Waals surface area contributed by atoms with Crippen molar-refractivity contribution in [1.29, 1.82) is 0 Å². The molecule has 1 aliphatic rings. The van der Waals surface area contributed by atoms with Crippen LogP contribution in [0.5, 0.6) is 23.0 Å². The quantitative estimate of drug-likeness (QED) is 0.233. The number of ether oxygens (including phenoxy) is 4. The monoisotopic (exact) mass is 521 g/mol. The third-order valence-electron chi connectivity index (χ3n) is 6.13. The van der Waals surface area contributed by atoms with Crippen LogP contribution < -0.4 is 23.8 Å². The van der Waals surface area contributed by atoms with Crippen LogP contribution in [0.15, 0.2) is 66.2 Å². The molecule has 0 radical (unpaired) electrons. The lowest BCUT2D eigenvalue weighted by Crippen LogP contribution is -2.29. The summed E-state index contributed by atoms with van der Waals surface area (Å²) in [5.74, 6) is -1.25. The van der Waals surface area contributed by atoms with Crippen LogP contribution in [-0.2, 0) is 9.59 Å². The lowest BCUT2D eigenvalue weighted by Gasteiger charge is -2.26. The van der Waals surface area contributed by atoms with Gasteiger partial charge >= 0.3 is 0 Å². The average molecular weight is 522 g/mol. The van der Waals surface area contributed by atoms with Crippen molar-refractivity contribution >= 4 is 23.1 Å². The van der Waals surface area contributed by atoms with Gasteiger partial charge in [0.15, 0.2) is 11.5 Å². The van der Waals surface area contributed by atoms with E-state index in [1.807, 2.05) is 6.92 Å². The summed E-state index contributed by atoms with van der Waals surface area (Å²) in [6.07, 6.45) is 0.792. The summed E-state index contributed by atoms with van der Waals surface area (Å²) in [4.78, 5) is 28.0. The number of anilines is 1. The van der Waals surface area contributed by atoms with Gasteiger partial charge in [-0.3, -0.25) is 14.5 Å². The number of halogens is 1. The fourth-order valence-electron chi connectivity index (χ4n) is 4.38. The lowest BCUT2D eigenvalue weighted by atomic mass is 9.94. The topological polar surface area (TPSA) is 94.5 Å². The van der Waals surface area contributed by atoms with E-state index in [1.165, 1.54) is 50.5 Å². The van der Waals surface area contributed by atoms with Crippen LogP contribution in [0.25, 0.3) is 5.76 Å². The second-order valence-electron chi connectivity index (χ2n) is 8.48. The van der Waals surface area contributed by atoms with Gasteiger partial charge in [-0.25, -0.2) is 4.39 Å². The summed E-state index contributed by atoms with van der Waals surface area (Å²) in [7, 11) is 4.35. The molecule has 1 unspecified atom stereocenters. The molecule has 1 N–H and O–H groups in total. The first kappa shape index (κ1) is 26.5. The number of carbonyl (C=O) groups is 2. The van der Waals surface area contributed by atoms with E-state index < -0.39 is 23.5 Å². The Labute approximate surface area is 219 Å². The van der Waals surface area contributed by atoms with Crippen molar-refractivity contribution in [1.82, 2.24) is 0 Å². The lowest BCUT2D eigenvalue weighted by molar-refractivity contribution is -0.132. The van der Waals surface area contributed by atoms with Gasteiger partial charge in [0.2, 0.25) is 5.75 Å². The third kappa shape index (κ3) is 4.87. The van der Waals surface area contributed by atoms with Gasteiger partial charge in [0.05, 0.1) is 39.6 Å². The number of aliphatic hydroxyl groups is 1. The summed E-state index contributed by atoms with van der Waals surface area (Å²) in [5.41, 5.74) is 0.823. The number of amides is 1. The van der Waals surface area contributed by atoms with Crippen LogP contribution >= 0.6 is 0 Å². The minimum Gasteiger partial charge on any atom is -0.507 e. The normalized spacial score (nSPS) is 16.4. The van der Waals surface area contributed by atoms with Gasteiger partial charge in [0.25, 0.3) is 11.7 Å². The highest BCUT2D eigenvalue weighted by molar-refractivity contribution is 6.51. The number of nitrogens with zero attached hydrogens (tertiary/aromatic N) is 1. The molecule has 0 saturated carbocycles. The van der Waals surface area contributed by atoms with Crippen molar-refractivity contribution in [2.24, 2.45) is 0 Å². The summed E-state index contributed by atoms with van der Waals surface area (Å²) in [5, 5.41) is 11.4. The van der Waals surface area contributed by atoms with E-state index in [2.05, 4.69) is 0 Å². The van der Waals surface area contributed by atoms with Crippen LogP contribution in [0.1, 0.15) is 30.5 Å². The predicted molar refractivity (Wildman–Crippen MR) is 140 cm³/mol. The first-order valence-electron chi connectivity index (χ1n) is 11.9. The van der Waals surface area contributed by atoms with E-state index in [0.29, 0.717) is 40.7 Å². The molecule has 3 aromatic rings. The van der Waals surface area contributed by atoms with Gasteiger partial charge in [-0.2, -0.15) is 0 Å². The summed E-state index contributed by atoms with van der Waals surface area (Å²) in [6, 6.07) is 13.9. The molecule has 1 aliphatic heterocycles. The van der Waals surface area contributed by atoms with Crippen LogP contribution in [0.2, 0.25) is 0 Å². The molecular formula is C29H28FNO7. The maximum atomic E-state index is 13.7. The Hall–Kier alpha value is -4.53. The zero-order valence-corrected chi connectivity index (χ0v) is 21.5. The summed E-state index contributed by atoms with van der Waals surface area (Å²) in [6.45, 7) is 2.45. The Kier molecular flexibility index (Phi) is 7.85. The number of hydrogen-bond acceptors (Lipinski definition) is 7. The van der Waals surface area contributed by atoms with Crippen molar-refractivity contribution in [2.45, 2.75) is 19.4 Å². The van der Waals surface area contributed by atoms with Crippen LogP contribution in [0.3, 0.4) is 0 Å². The molecular weight excluding hydrogens is 493 g/mol. The number of carbonyl (C=O) groups excluding carboxylic acids is 2. The number of aliphatic hydroxyl groups excluding tert-OH is 1. The van der Waals surface area contributed by atoms with Crippen molar-refractivity contribution in [3.8, 4) is 23.0 Å². The molecule has 1 saturated heterocycles. The molecule has 38 heavy (non-hydrogen) atoms. The van der Waals surface area contributed by atoms with E-state index in [-0.39, 0.29) is 17.0 Å². The maximum absolute atomic E-state index is 13.7. The Bertz CT molecular complexity index is 1360. The van der Waals surface area contributed by atoms with Crippen molar-refractivity contribution in [3.05, 3.63) is 83.2 Å². The zero-order valence-electron chi connectivity index (χ0n) is 21.5. The molecule has 198 valence electrons. The second-order valence-corrected chi connectivity index (χ2v) is 8.48. The highest BCUT2D eigenvalue weighted by Gasteiger charge is 2.47. The molecule has 1 atom stereocenters. The van der Waals surface area contributed by atoms with Crippen LogP contribution in [0, 0.1) is 5.82 Å². The van der Waals surface area contributed by atoms with Crippen molar-refractivity contribution < 1.29 is 38.0 Å². The standard InChI is InChI=1S/C29H28FNO7/c1-5-13-38-21-8-6-7-17(14-21)26(32)24-25(18-15-22(35-2)28(37-4)23(16-18)36-3)31(29(34)27(24)33)20-11-9-19(30)10-12-20/h6-12,14-16,25,32H,5,13H2,1-4H3/b26-24+. The van der Waals surface area contributed by atoms with Gasteiger partial charge < -0.3 is 24.1 Å². The number of benzene rings is 3. The molecule has 0 aliphatic carbocycles. The molecule has 0 aromatic heterocycles. The molecule has 0 bridgehead atoms. The highest BCUT2D eigenvalue weighted by Crippen LogP contribution is 2.47. The molecule has 0 spiro atoms. The van der Waals surface area contributed by atoms with Gasteiger partial charge in [0.1, 0.15) is 17.3 Å². The van der Waals surface area contributed by atoms with Gasteiger partial charge in [-0.1, -0.05) is 19.1 Å². The molecule has 4 rings (SSSR count). The van der Waals surface area contributed by atoms with E-state index in [0.717, 1.165) is 6.42 Å². The average Bonchev–Trinajstić information content (AvgIpc) is 3.21. The Morgan fingerprint density at radius 1 is 0.947 bits per heavy atom. The molecule has 9 heteroatoms. The SMILES string of the molecule is CCCOc1cccc(/C(O)=C2\C(=O)C(=O)N(c3ccc(F)cc3)C2c2cc(OC)c(OC)c(OC)c2)c1. The second kappa shape index (κ2) is 11.2. The highest BCUT2D eigenvalue weighted by atomic mass is 19.1. The van der Waals surface area contributed by atoms with Crippen molar-refractivity contribution in [3.63, 3.8) is 0 Å². The van der Waals surface area contributed by atoms with E-state index >= 15 is 0 Å². The fourth-order valence-corrected chi connectivity index (χ4v) is 4.38.